The van der Waals surface area contributed by atoms with Gasteiger partial charge in [0.15, 0.2) is 0 Å². The van der Waals surface area contributed by atoms with E-state index >= 15 is 0 Å². The van der Waals surface area contributed by atoms with Crippen molar-refractivity contribution < 1.29 is 9.59 Å². The number of amides is 2. The lowest BCUT2D eigenvalue weighted by atomic mass is 9.99. The summed E-state index contributed by atoms with van der Waals surface area (Å²) in [5.74, 6) is 0.0976. The summed E-state index contributed by atoms with van der Waals surface area (Å²) in [6.07, 6.45) is 3.63. The van der Waals surface area contributed by atoms with Crippen LogP contribution in [0.3, 0.4) is 0 Å². The molecule has 1 unspecified atom stereocenters. The molecule has 2 aliphatic heterocycles. The molecule has 2 saturated heterocycles. The molecule has 1 atom stereocenters. The summed E-state index contributed by atoms with van der Waals surface area (Å²) in [4.78, 5) is 29.0. The fourth-order valence-electron chi connectivity index (χ4n) is 4.42. The summed E-state index contributed by atoms with van der Waals surface area (Å²) in [7, 11) is 0. The predicted octanol–water partition coefficient (Wildman–Crippen LogP) is 3.90. The average Bonchev–Trinajstić information content (AvgIpc) is 3.31. The third kappa shape index (κ3) is 3.80. The van der Waals surface area contributed by atoms with Gasteiger partial charge in [0, 0.05) is 19.0 Å². The van der Waals surface area contributed by atoms with Gasteiger partial charge in [-0.2, -0.15) is 0 Å². The smallest absolute Gasteiger partial charge is 0.238 e. The molecule has 146 valence electrons. The Hall–Kier alpha value is -2.66. The molecule has 0 aromatic heterocycles. The quantitative estimate of drug-likeness (QED) is 0.860. The van der Waals surface area contributed by atoms with Crippen LogP contribution >= 0.6 is 0 Å². The Kier molecular flexibility index (Phi) is 5.44. The topological polar surface area (TPSA) is 52.7 Å². The highest BCUT2D eigenvalue weighted by Gasteiger charge is 2.29. The second kappa shape index (κ2) is 8.15. The number of rotatable bonds is 5. The number of hydrogen-bond acceptors (Lipinski definition) is 3. The van der Waals surface area contributed by atoms with Crippen molar-refractivity contribution in [2.75, 3.05) is 29.9 Å². The lowest BCUT2D eigenvalue weighted by molar-refractivity contribution is -0.118. The van der Waals surface area contributed by atoms with Gasteiger partial charge in [0.2, 0.25) is 11.8 Å². The molecule has 2 aromatic rings. The molecule has 2 aliphatic rings. The van der Waals surface area contributed by atoms with E-state index in [0.29, 0.717) is 25.6 Å². The second-order valence-electron chi connectivity index (χ2n) is 7.70. The first-order valence-electron chi connectivity index (χ1n) is 10.1. The summed E-state index contributed by atoms with van der Waals surface area (Å²) in [5.41, 5.74) is 4.11. The van der Waals surface area contributed by atoms with E-state index in [9.17, 15) is 9.59 Å². The van der Waals surface area contributed by atoms with Crippen LogP contribution in [-0.2, 0) is 9.59 Å². The van der Waals surface area contributed by atoms with E-state index in [-0.39, 0.29) is 11.8 Å². The van der Waals surface area contributed by atoms with Crippen molar-refractivity contribution in [2.24, 2.45) is 0 Å². The fraction of sp³-hybridized carbons (Fsp3) is 0.391. The van der Waals surface area contributed by atoms with E-state index in [1.165, 1.54) is 11.1 Å². The molecule has 4 rings (SSSR count). The molecule has 5 heteroatoms. The maximum absolute atomic E-state index is 12.8. The second-order valence-corrected chi connectivity index (χ2v) is 7.70. The summed E-state index contributed by atoms with van der Waals surface area (Å²) in [6.45, 7) is 4.14. The Morgan fingerprint density at radius 1 is 1.07 bits per heavy atom. The first-order chi connectivity index (χ1) is 13.6. The molecule has 2 heterocycles. The average molecular weight is 377 g/mol. The third-order valence-corrected chi connectivity index (χ3v) is 5.80. The van der Waals surface area contributed by atoms with Gasteiger partial charge >= 0.3 is 0 Å². The van der Waals surface area contributed by atoms with Gasteiger partial charge in [0.25, 0.3) is 0 Å². The zero-order valence-corrected chi connectivity index (χ0v) is 16.4. The Morgan fingerprint density at radius 2 is 1.86 bits per heavy atom. The maximum atomic E-state index is 12.8. The molecular formula is C23H27N3O2. The minimum atomic E-state index is -0.0282. The molecule has 1 N–H and O–H groups in total. The van der Waals surface area contributed by atoms with Crippen molar-refractivity contribution in [3.8, 4) is 0 Å². The van der Waals surface area contributed by atoms with Crippen molar-refractivity contribution in [2.45, 2.75) is 38.6 Å². The largest absolute Gasteiger partial charge is 0.323 e. The molecule has 0 spiro atoms. The van der Waals surface area contributed by atoms with Crippen LogP contribution in [0.2, 0.25) is 0 Å². The van der Waals surface area contributed by atoms with Gasteiger partial charge in [-0.15, -0.1) is 0 Å². The molecule has 28 heavy (non-hydrogen) atoms. The lowest BCUT2D eigenvalue weighted by Gasteiger charge is -2.26. The first-order valence-corrected chi connectivity index (χ1v) is 10.1. The van der Waals surface area contributed by atoms with Crippen LogP contribution in [0, 0.1) is 6.92 Å². The zero-order chi connectivity index (χ0) is 19.5. The third-order valence-electron chi connectivity index (χ3n) is 5.80. The highest BCUT2D eigenvalue weighted by molar-refractivity contribution is 6.02. The molecule has 0 aliphatic carbocycles. The minimum absolute atomic E-state index is 0.0282. The van der Waals surface area contributed by atoms with Crippen LogP contribution in [0.15, 0.2) is 48.5 Å². The number of aryl methyl sites for hydroxylation is 1. The molecule has 2 amide bonds. The van der Waals surface area contributed by atoms with Gasteiger partial charge in [-0.05, 0) is 56.0 Å². The van der Waals surface area contributed by atoms with E-state index < -0.39 is 0 Å². The van der Waals surface area contributed by atoms with Gasteiger partial charge in [-0.1, -0.05) is 36.4 Å². The van der Waals surface area contributed by atoms with Crippen LogP contribution < -0.4 is 10.2 Å². The van der Waals surface area contributed by atoms with E-state index in [1.54, 1.807) is 4.90 Å². The predicted molar refractivity (Wildman–Crippen MR) is 111 cm³/mol. The van der Waals surface area contributed by atoms with Crippen molar-refractivity contribution in [3.05, 3.63) is 59.7 Å². The summed E-state index contributed by atoms with van der Waals surface area (Å²) >= 11 is 0. The Morgan fingerprint density at radius 3 is 2.64 bits per heavy atom. The number of carbonyl (C=O) groups excluding carboxylic acids is 2. The Labute approximate surface area is 166 Å². The summed E-state index contributed by atoms with van der Waals surface area (Å²) in [5, 5.41) is 3.05. The van der Waals surface area contributed by atoms with Crippen LogP contribution in [0.25, 0.3) is 0 Å². The van der Waals surface area contributed by atoms with Gasteiger partial charge in [-0.25, -0.2) is 0 Å². The normalized spacial score (nSPS) is 20.0. The minimum Gasteiger partial charge on any atom is -0.323 e. The fourth-order valence-corrected chi connectivity index (χ4v) is 4.42. The van der Waals surface area contributed by atoms with E-state index in [2.05, 4.69) is 41.4 Å². The lowest BCUT2D eigenvalue weighted by Crippen LogP contribution is -2.33. The zero-order valence-electron chi connectivity index (χ0n) is 16.4. The monoisotopic (exact) mass is 377 g/mol. The van der Waals surface area contributed by atoms with Crippen molar-refractivity contribution >= 4 is 23.2 Å². The Balaban J connectivity index is 1.46. The number of hydrogen-bond donors (Lipinski definition) is 1. The van der Waals surface area contributed by atoms with Crippen molar-refractivity contribution in [1.82, 2.24) is 4.90 Å². The molecule has 2 fully saturated rings. The van der Waals surface area contributed by atoms with E-state index in [0.717, 1.165) is 37.2 Å². The van der Waals surface area contributed by atoms with Gasteiger partial charge in [-0.3, -0.25) is 14.5 Å². The van der Waals surface area contributed by atoms with E-state index in [4.69, 9.17) is 0 Å². The standard InChI is InChI=1S/C23H27N3O2/c1-17-8-2-3-9-18(17)20-12-6-14-25(20)16-22(27)24-19-10-4-5-11-21(19)26-15-7-13-23(26)28/h2-5,8-11,20H,6-7,12-16H2,1H3,(H,24,27). The SMILES string of the molecule is Cc1ccccc1C1CCCN1CC(=O)Nc1ccccc1N1CCCC1=O. The Bertz CT molecular complexity index is 880. The van der Waals surface area contributed by atoms with Crippen LogP contribution in [0.1, 0.15) is 42.9 Å². The van der Waals surface area contributed by atoms with Crippen LogP contribution in [-0.4, -0.2) is 36.3 Å². The highest BCUT2D eigenvalue weighted by Crippen LogP contribution is 2.34. The summed E-state index contributed by atoms with van der Waals surface area (Å²) < 4.78 is 0. The van der Waals surface area contributed by atoms with Gasteiger partial charge in [0.05, 0.1) is 17.9 Å². The maximum Gasteiger partial charge on any atom is 0.238 e. The first kappa shape index (κ1) is 18.7. The van der Waals surface area contributed by atoms with Crippen molar-refractivity contribution in [1.29, 1.82) is 0 Å². The summed E-state index contributed by atoms with van der Waals surface area (Å²) in [6, 6.07) is 16.3. The van der Waals surface area contributed by atoms with Gasteiger partial charge in [0.1, 0.15) is 0 Å². The number of likely N-dealkylation sites (tertiary alicyclic amines) is 1. The number of benzene rings is 2. The molecule has 0 saturated carbocycles. The molecule has 2 aromatic carbocycles. The number of anilines is 2. The number of para-hydroxylation sites is 2. The van der Waals surface area contributed by atoms with Crippen molar-refractivity contribution in [3.63, 3.8) is 0 Å². The molecule has 0 radical (unpaired) electrons. The van der Waals surface area contributed by atoms with Crippen LogP contribution in [0.4, 0.5) is 11.4 Å². The highest BCUT2D eigenvalue weighted by atomic mass is 16.2. The molecule has 0 bridgehead atoms. The van der Waals surface area contributed by atoms with Gasteiger partial charge < -0.3 is 10.2 Å². The molecule has 5 nitrogen and oxygen atoms in total. The molecular weight excluding hydrogens is 350 g/mol. The number of nitrogens with zero attached hydrogens (tertiary/aromatic N) is 2. The number of nitrogens with one attached hydrogen (secondary N) is 1. The van der Waals surface area contributed by atoms with Crippen LogP contribution in [0.5, 0.6) is 0 Å². The number of carbonyl (C=O) groups is 2. The van der Waals surface area contributed by atoms with E-state index in [1.807, 2.05) is 24.3 Å².